The third kappa shape index (κ3) is 6.50. The van der Waals surface area contributed by atoms with E-state index in [1.807, 2.05) is 13.8 Å². The molecule has 2 amide bonds. The Morgan fingerprint density at radius 1 is 1.11 bits per heavy atom. The van der Waals surface area contributed by atoms with E-state index in [4.69, 9.17) is 0 Å². The molecule has 2 aromatic rings. The van der Waals surface area contributed by atoms with Crippen molar-refractivity contribution in [3.8, 4) is 5.75 Å². The summed E-state index contributed by atoms with van der Waals surface area (Å²) in [5, 5.41) is 5.54. The standard InChI is InChI=1S/C21H22F2N2O3/c1-3-14(2)24-20(27)17-6-4-5-7-18(17)25-19(26)13-10-15-8-11-16(12-9-15)28-21(22)23/h4-14,21H,3H2,1-2H3,(H,24,27)(H,25,26). The number of ether oxygens (including phenoxy) is 1. The zero-order chi connectivity index (χ0) is 20.5. The highest BCUT2D eigenvalue weighted by molar-refractivity contribution is 6.07. The van der Waals surface area contributed by atoms with Crippen LogP contribution in [-0.4, -0.2) is 24.5 Å². The van der Waals surface area contributed by atoms with Gasteiger partial charge >= 0.3 is 6.61 Å². The molecule has 2 N–H and O–H groups in total. The average Bonchev–Trinajstić information content (AvgIpc) is 2.67. The minimum absolute atomic E-state index is 0.0215. The summed E-state index contributed by atoms with van der Waals surface area (Å²) in [4.78, 5) is 24.6. The molecule has 7 heteroatoms. The fraction of sp³-hybridized carbons (Fsp3) is 0.238. The van der Waals surface area contributed by atoms with Crippen LogP contribution in [0.15, 0.2) is 54.6 Å². The molecular weight excluding hydrogens is 366 g/mol. The van der Waals surface area contributed by atoms with E-state index in [9.17, 15) is 18.4 Å². The third-order valence-corrected chi connectivity index (χ3v) is 3.95. The van der Waals surface area contributed by atoms with Gasteiger partial charge in [0.25, 0.3) is 5.91 Å². The van der Waals surface area contributed by atoms with Gasteiger partial charge in [-0.3, -0.25) is 9.59 Å². The second kappa shape index (κ2) is 10.2. The van der Waals surface area contributed by atoms with Crippen LogP contribution in [0.5, 0.6) is 5.75 Å². The van der Waals surface area contributed by atoms with Crippen LogP contribution in [0, 0.1) is 0 Å². The predicted octanol–water partition coefficient (Wildman–Crippen LogP) is 4.47. The van der Waals surface area contributed by atoms with E-state index in [-0.39, 0.29) is 17.7 Å². The highest BCUT2D eigenvalue weighted by Crippen LogP contribution is 2.17. The topological polar surface area (TPSA) is 67.4 Å². The van der Waals surface area contributed by atoms with Gasteiger partial charge < -0.3 is 15.4 Å². The number of alkyl halides is 2. The monoisotopic (exact) mass is 388 g/mol. The van der Waals surface area contributed by atoms with E-state index in [2.05, 4.69) is 15.4 Å². The Bertz CT molecular complexity index is 836. The first-order valence-corrected chi connectivity index (χ1v) is 8.83. The van der Waals surface area contributed by atoms with Gasteiger partial charge in [-0.05, 0) is 49.2 Å². The molecule has 0 spiro atoms. The van der Waals surface area contributed by atoms with Crippen molar-refractivity contribution in [3.05, 3.63) is 65.7 Å². The van der Waals surface area contributed by atoms with Crippen molar-refractivity contribution in [1.29, 1.82) is 0 Å². The Kier molecular flexibility index (Phi) is 7.68. The molecule has 28 heavy (non-hydrogen) atoms. The Morgan fingerprint density at radius 2 is 1.79 bits per heavy atom. The zero-order valence-electron chi connectivity index (χ0n) is 15.6. The van der Waals surface area contributed by atoms with E-state index in [0.29, 0.717) is 16.8 Å². The maximum Gasteiger partial charge on any atom is 0.387 e. The molecule has 148 valence electrons. The molecule has 2 aromatic carbocycles. The molecule has 2 rings (SSSR count). The second-order valence-corrected chi connectivity index (χ2v) is 6.10. The lowest BCUT2D eigenvalue weighted by Crippen LogP contribution is -2.32. The number of nitrogens with one attached hydrogen (secondary N) is 2. The minimum Gasteiger partial charge on any atom is -0.435 e. The van der Waals surface area contributed by atoms with Gasteiger partial charge in [-0.25, -0.2) is 0 Å². The summed E-state index contributed by atoms with van der Waals surface area (Å²) in [6.07, 6.45) is 3.62. The van der Waals surface area contributed by atoms with Gasteiger partial charge in [-0.2, -0.15) is 8.78 Å². The third-order valence-electron chi connectivity index (χ3n) is 3.95. The summed E-state index contributed by atoms with van der Waals surface area (Å²) in [6.45, 7) is 0.986. The van der Waals surface area contributed by atoms with Gasteiger partial charge in [0.1, 0.15) is 5.75 Å². The molecule has 5 nitrogen and oxygen atoms in total. The second-order valence-electron chi connectivity index (χ2n) is 6.10. The van der Waals surface area contributed by atoms with E-state index < -0.39 is 12.5 Å². The van der Waals surface area contributed by atoms with Crippen molar-refractivity contribution >= 4 is 23.6 Å². The lowest BCUT2D eigenvalue weighted by atomic mass is 10.1. The van der Waals surface area contributed by atoms with Gasteiger partial charge in [0.05, 0.1) is 11.3 Å². The van der Waals surface area contributed by atoms with Gasteiger partial charge in [0, 0.05) is 12.1 Å². The molecule has 0 saturated heterocycles. The maximum absolute atomic E-state index is 12.4. The number of para-hydroxylation sites is 1. The molecule has 1 unspecified atom stereocenters. The highest BCUT2D eigenvalue weighted by atomic mass is 19.3. The first-order valence-electron chi connectivity index (χ1n) is 8.83. The quantitative estimate of drug-likeness (QED) is 0.656. The number of anilines is 1. The fourth-order valence-corrected chi connectivity index (χ4v) is 2.30. The first kappa shape index (κ1) is 21.1. The predicted molar refractivity (Wildman–Crippen MR) is 104 cm³/mol. The van der Waals surface area contributed by atoms with Crippen molar-refractivity contribution in [2.45, 2.75) is 32.9 Å². The van der Waals surface area contributed by atoms with E-state index in [0.717, 1.165) is 6.42 Å². The van der Waals surface area contributed by atoms with Crippen LogP contribution in [-0.2, 0) is 4.79 Å². The Labute approximate surface area is 162 Å². The summed E-state index contributed by atoms with van der Waals surface area (Å²) >= 11 is 0. The lowest BCUT2D eigenvalue weighted by Gasteiger charge is -2.14. The van der Waals surface area contributed by atoms with Crippen molar-refractivity contribution in [2.75, 3.05) is 5.32 Å². The van der Waals surface area contributed by atoms with Crippen LogP contribution in [0.2, 0.25) is 0 Å². The van der Waals surface area contributed by atoms with Crippen LogP contribution in [0.1, 0.15) is 36.2 Å². The number of hydrogen-bond donors (Lipinski definition) is 2. The molecule has 0 heterocycles. The van der Waals surface area contributed by atoms with E-state index in [1.54, 1.807) is 36.4 Å². The number of carbonyl (C=O) groups excluding carboxylic acids is 2. The summed E-state index contributed by atoms with van der Waals surface area (Å²) in [6, 6.07) is 12.6. The number of benzene rings is 2. The van der Waals surface area contributed by atoms with Crippen molar-refractivity contribution in [2.24, 2.45) is 0 Å². The van der Waals surface area contributed by atoms with Gasteiger partial charge in [-0.15, -0.1) is 0 Å². The number of rotatable bonds is 8. The molecule has 0 bridgehead atoms. The van der Waals surface area contributed by atoms with Crippen molar-refractivity contribution < 1.29 is 23.1 Å². The van der Waals surface area contributed by atoms with Crippen LogP contribution in [0.3, 0.4) is 0 Å². The number of hydrogen-bond acceptors (Lipinski definition) is 3. The summed E-state index contributed by atoms with van der Waals surface area (Å²) < 4.78 is 28.6. The summed E-state index contributed by atoms with van der Waals surface area (Å²) in [7, 11) is 0. The van der Waals surface area contributed by atoms with E-state index >= 15 is 0 Å². The lowest BCUT2D eigenvalue weighted by molar-refractivity contribution is -0.111. The van der Waals surface area contributed by atoms with Crippen LogP contribution < -0.4 is 15.4 Å². The molecule has 0 aliphatic carbocycles. The number of halogens is 2. The smallest absolute Gasteiger partial charge is 0.387 e. The molecule has 0 radical (unpaired) electrons. The van der Waals surface area contributed by atoms with Crippen LogP contribution in [0.4, 0.5) is 14.5 Å². The highest BCUT2D eigenvalue weighted by Gasteiger charge is 2.13. The Morgan fingerprint density at radius 3 is 2.43 bits per heavy atom. The van der Waals surface area contributed by atoms with Gasteiger partial charge in [0.2, 0.25) is 5.91 Å². The van der Waals surface area contributed by atoms with Crippen molar-refractivity contribution in [1.82, 2.24) is 5.32 Å². The first-order chi connectivity index (χ1) is 13.4. The van der Waals surface area contributed by atoms with Gasteiger partial charge in [0.15, 0.2) is 0 Å². The van der Waals surface area contributed by atoms with Crippen LogP contribution in [0.25, 0.3) is 6.08 Å². The molecular formula is C21H22F2N2O3. The SMILES string of the molecule is CCC(C)NC(=O)c1ccccc1NC(=O)C=Cc1ccc(OC(F)F)cc1. The molecule has 0 aliphatic heterocycles. The largest absolute Gasteiger partial charge is 0.435 e. The molecule has 0 aromatic heterocycles. The minimum atomic E-state index is -2.88. The average molecular weight is 388 g/mol. The molecule has 0 aliphatic rings. The molecule has 0 saturated carbocycles. The summed E-state index contributed by atoms with van der Waals surface area (Å²) in [5.74, 6) is -0.640. The van der Waals surface area contributed by atoms with Crippen molar-refractivity contribution in [3.63, 3.8) is 0 Å². The Hall–Kier alpha value is -3.22. The van der Waals surface area contributed by atoms with Gasteiger partial charge in [-0.1, -0.05) is 31.2 Å². The maximum atomic E-state index is 12.4. The molecule has 1 atom stereocenters. The Balaban J connectivity index is 2.03. The molecule has 0 fully saturated rings. The normalized spacial score (nSPS) is 12.0. The van der Waals surface area contributed by atoms with E-state index in [1.165, 1.54) is 24.3 Å². The zero-order valence-corrected chi connectivity index (χ0v) is 15.6. The fourth-order valence-electron chi connectivity index (χ4n) is 2.30. The van der Waals surface area contributed by atoms with Crippen LogP contribution >= 0.6 is 0 Å². The number of amides is 2. The summed E-state index contributed by atoms with van der Waals surface area (Å²) in [5.41, 5.74) is 1.41. The number of carbonyl (C=O) groups is 2.